The third kappa shape index (κ3) is 3.38. The molecule has 98 valence electrons. The van der Waals surface area contributed by atoms with Crippen molar-refractivity contribution in [1.82, 2.24) is 0 Å². The van der Waals surface area contributed by atoms with Gasteiger partial charge >= 0.3 is 5.97 Å². The Morgan fingerprint density at radius 1 is 1.05 bits per heavy atom. The second kappa shape index (κ2) is 5.93. The topological polar surface area (TPSA) is 37.3 Å². The Kier molecular flexibility index (Phi) is 4.27. The Morgan fingerprint density at radius 2 is 1.68 bits per heavy atom. The molecule has 0 amide bonds. The summed E-state index contributed by atoms with van der Waals surface area (Å²) in [6.45, 7) is 4.30. The van der Waals surface area contributed by atoms with E-state index in [-0.39, 0.29) is 0 Å². The molecule has 19 heavy (non-hydrogen) atoms. The fourth-order valence-corrected chi connectivity index (χ4v) is 2.74. The number of thioether (sulfide) groups is 1. The number of carbonyl (C=O) groups is 1. The molecule has 0 aromatic heterocycles. The summed E-state index contributed by atoms with van der Waals surface area (Å²) in [6.07, 6.45) is 0. The van der Waals surface area contributed by atoms with E-state index in [0.29, 0.717) is 10.8 Å². The van der Waals surface area contributed by atoms with Crippen LogP contribution in [0.5, 0.6) is 0 Å². The van der Waals surface area contributed by atoms with Gasteiger partial charge in [0.05, 0.1) is 5.56 Å². The highest BCUT2D eigenvalue weighted by atomic mass is 32.2. The van der Waals surface area contributed by atoms with Crippen molar-refractivity contribution in [2.75, 3.05) is 0 Å². The minimum atomic E-state index is -0.892. The molecule has 0 saturated carbocycles. The van der Waals surface area contributed by atoms with Crippen molar-refractivity contribution in [3.05, 3.63) is 54.1 Å². The summed E-state index contributed by atoms with van der Waals surface area (Å²) in [5, 5.41) is 9.74. The average molecular weight is 272 g/mol. The van der Waals surface area contributed by atoms with Crippen molar-refractivity contribution in [2.45, 2.75) is 24.0 Å². The highest BCUT2D eigenvalue weighted by Gasteiger charge is 2.10. The molecule has 0 aliphatic carbocycles. The van der Waals surface area contributed by atoms with Crippen LogP contribution >= 0.6 is 11.8 Å². The molecule has 2 aromatic carbocycles. The molecular weight excluding hydrogens is 256 g/mol. The maximum absolute atomic E-state index is 11.2. The van der Waals surface area contributed by atoms with Crippen molar-refractivity contribution in [3.8, 4) is 11.1 Å². The lowest BCUT2D eigenvalue weighted by molar-refractivity contribution is 0.0697. The van der Waals surface area contributed by atoms with Gasteiger partial charge in [0.15, 0.2) is 0 Å². The molecule has 2 aromatic rings. The summed E-state index contributed by atoms with van der Waals surface area (Å²) in [4.78, 5) is 12.4. The first-order chi connectivity index (χ1) is 9.08. The van der Waals surface area contributed by atoms with Gasteiger partial charge in [-0.05, 0) is 29.3 Å². The quantitative estimate of drug-likeness (QED) is 0.829. The molecule has 0 atom stereocenters. The maximum Gasteiger partial charge on any atom is 0.336 e. The van der Waals surface area contributed by atoms with E-state index in [2.05, 4.69) is 13.8 Å². The number of benzene rings is 2. The molecule has 0 fully saturated rings. The summed E-state index contributed by atoms with van der Waals surface area (Å²) in [5.74, 6) is -0.892. The highest BCUT2D eigenvalue weighted by Crippen LogP contribution is 2.28. The third-order valence-corrected chi connectivity index (χ3v) is 3.71. The standard InChI is InChI=1S/C16H16O2S/c1-11(2)19-13-9-7-12(8-10-13)14-5-3-4-6-15(14)16(17)18/h3-11H,1-2H3,(H,17,18). The normalized spacial score (nSPS) is 10.7. The van der Waals surface area contributed by atoms with E-state index >= 15 is 0 Å². The Bertz CT molecular complexity index is 574. The predicted molar refractivity (Wildman–Crippen MR) is 79.8 cm³/mol. The van der Waals surface area contributed by atoms with E-state index in [4.69, 9.17) is 0 Å². The number of hydrogen-bond acceptors (Lipinski definition) is 2. The summed E-state index contributed by atoms with van der Waals surface area (Å²) in [5.41, 5.74) is 2.04. The van der Waals surface area contributed by atoms with E-state index in [1.807, 2.05) is 36.4 Å². The molecule has 0 radical (unpaired) electrons. The first-order valence-electron chi connectivity index (χ1n) is 6.17. The van der Waals surface area contributed by atoms with Crippen LogP contribution < -0.4 is 0 Å². The van der Waals surface area contributed by atoms with Gasteiger partial charge in [0.25, 0.3) is 0 Å². The van der Waals surface area contributed by atoms with Crippen LogP contribution in [0.3, 0.4) is 0 Å². The number of hydrogen-bond donors (Lipinski definition) is 1. The number of aromatic carboxylic acids is 1. The van der Waals surface area contributed by atoms with Gasteiger partial charge in [-0.25, -0.2) is 4.79 Å². The largest absolute Gasteiger partial charge is 0.478 e. The van der Waals surface area contributed by atoms with Crippen LogP contribution in [0.1, 0.15) is 24.2 Å². The van der Waals surface area contributed by atoms with Crippen LogP contribution in [-0.2, 0) is 0 Å². The van der Waals surface area contributed by atoms with E-state index in [1.165, 1.54) is 4.90 Å². The summed E-state index contributed by atoms with van der Waals surface area (Å²) in [6, 6.07) is 15.1. The van der Waals surface area contributed by atoms with Crippen molar-refractivity contribution in [3.63, 3.8) is 0 Å². The average Bonchev–Trinajstić information content (AvgIpc) is 2.39. The zero-order chi connectivity index (χ0) is 13.8. The molecule has 0 spiro atoms. The molecule has 0 aliphatic rings. The van der Waals surface area contributed by atoms with Crippen molar-refractivity contribution >= 4 is 17.7 Å². The third-order valence-electron chi connectivity index (χ3n) is 2.69. The second-order valence-electron chi connectivity index (χ2n) is 4.54. The van der Waals surface area contributed by atoms with Crippen molar-refractivity contribution in [2.24, 2.45) is 0 Å². The van der Waals surface area contributed by atoms with Crippen molar-refractivity contribution < 1.29 is 9.90 Å². The Morgan fingerprint density at radius 3 is 2.26 bits per heavy atom. The summed E-state index contributed by atoms with van der Waals surface area (Å²) < 4.78 is 0. The Hall–Kier alpha value is -1.74. The fourth-order valence-electron chi connectivity index (χ4n) is 1.91. The number of carboxylic acid groups (broad SMARTS) is 1. The van der Waals surface area contributed by atoms with Gasteiger partial charge in [0.1, 0.15) is 0 Å². The van der Waals surface area contributed by atoms with Gasteiger partial charge in [-0.2, -0.15) is 0 Å². The van der Waals surface area contributed by atoms with Crippen LogP contribution in [-0.4, -0.2) is 16.3 Å². The number of rotatable bonds is 4. The summed E-state index contributed by atoms with van der Waals surface area (Å²) >= 11 is 1.80. The first kappa shape index (κ1) is 13.7. The molecule has 0 bridgehead atoms. The van der Waals surface area contributed by atoms with Crippen LogP contribution in [0.4, 0.5) is 0 Å². The smallest absolute Gasteiger partial charge is 0.336 e. The first-order valence-corrected chi connectivity index (χ1v) is 7.05. The zero-order valence-electron chi connectivity index (χ0n) is 11.0. The van der Waals surface area contributed by atoms with Crippen LogP contribution in [0.15, 0.2) is 53.4 Å². The van der Waals surface area contributed by atoms with Gasteiger partial charge < -0.3 is 5.11 Å². The molecule has 1 N–H and O–H groups in total. The predicted octanol–water partition coefficient (Wildman–Crippen LogP) is 4.55. The van der Waals surface area contributed by atoms with Crippen LogP contribution in [0, 0.1) is 0 Å². The fraction of sp³-hybridized carbons (Fsp3) is 0.188. The molecule has 0 saturated heterocycles. The lowest BCUT2D eigenvalue weighted by Gasteiger charge is -2.08. The molecular formula is C16H16O2S. The van der Waals surface area contributed by atoms with Gasteiger partial charge in [0, 0.05) is 10.1 Å². The van der Waals surface area contributed by atoms with E-state index < -0.39 is 5.97 Å². The second-order valence-corrected chi connectivity index (χ2v) is 6.19. The van der Waals surface area contributed by atoms with Crippen LogP contribution in [0.2, 0.25) is 0 Å². The molecule has 0 unspecified atom stereocenters. The molecule has 0 aliphatic heterocycles. The lowest BCUT2D eigenvalue weighted by atomic mass is 10.00. The lowest BCUT2D eigenvalue weighted by Crippen LogP contribution is -1.98. The molecule has 0 heterocycles. The zero-order valence-corrected chi connectivity index (χ0v) is 11.8. The van der Waals surface area contributed by atoms with Crippen LogP contribution in [0.25, 0.3) is 11.1 Å². The van der Waals surface area contributed by atoms with Gasteiger partial charge in [0.2, 0.25) is 0 Å². The monoisotopic (exact) mass is 272 g/mol. The number of carboxylic acids is 1. The Balaban J connectivity index is 2.35. The molecule has 2 nitrogen and oxygen atoms in total. The highest BCUT2D eigenvalue weighted by molar-refractivity contribution is 7.99. The minimum absolute atomic E-state index is 0.340. The van der Waals surface area contributed by atoms with E-state index in [9.17, 15) is 9.90 Å². The summed E-state index contributed by atoms with van der Waals surface area (Å²) in [7, 11) is 0. The van der Waals surface area contributed by atoms with E-state index in [1.54, 1.807) is 23.9 Å². The minimum Gasteiger partial charge on any atom is -0.478 e. The molecule has 3 heteroatoms. The van der Waals surface area contributed by atoms with Gasteiger partial charge in [-0.1, -0.05) is 44.2 Å². The van der Waals surface area contributed by atoms with Gasteiger partial charge in [-0.15, -0.1) is 11.8 Å². The molecule has 2 rings (SSSR count). The SMILES string of the molecule is CC(C)Sc1ccc(-c2ccccc2C(=O)O)cc1. The Labute approximate surface area is 117 Å². The van der Waals surface area contributed by atoms with Gasteiger partial charge in [-0.3, -0.25) is 0 Å². The maximum atomic E-state index is 11.2. The van der Waals surface area contributed by atoms with E-state index in [0.717, 1.165) is 11.1 Å². The van der Waals surface area contributed by atoms with Crippen molar-refractivity contribution in [1.29, 1.82) is 0 Å².